The normalized spacial score (nSPS) is 11.6. The van der Waals surface area contributed by atoms with Crippen molar-refractivity contribution >= 4 is 24.2 Å². The van der Waals surface area contributed by atoms with Crippen molar-refractivity contribution in [2.45, 2.75) is 6.18 Å². The summed E-state index contributed by atoms with van der Waals surface area (Å²) in [4.78, 5) is 3.19. The van der Waals surface area contributed by atoms with Crippen LogP contribution in [-0.4, -0.2) is 22.2 Å². The first-order chi connectivity index (χ1) is 6.32. The first kappa shape index (κ1) is 11.3. The largest absolute Gasteiger partial charge is 0.490 e. The second kappa shape index (κ2) is 3.76. The molecular formula is C6H4BClF3NO2. The zero-order valence-corrected chi connectivity index (χ0v) is 7.34. The van der Waals surface area contributed by atoms with Crippen LogP contribution in [0.1, 0.15) is 5.56 Å². The highest BCUT2D eigenvalue weighted by Gasteiger charge is 2.35. The van der Waals surface area contributed by atoms with E-state index in [4.69, 9.17) is 21.6 Å². The zero-order valence-electron chi connectivity index (χ0n) is 6.59. The summed E-state index contributed by atoms with van der Waals surface area (Å²) in [5.41, 5.74) is -1.55. The molecule has 2 N–H and O–H groups in total. The Labute approximate surface area is 82.3 Å². The lowest BCUT2D eigenvalue weighted by Gasteiger charge is -2.09. The fraction of sp³-hybridized carbons (Fsp3) is 0.167. The SMILES string of the molecule is OB(O)c1cnc(Cl)c(C(F)(F)F)c1. The predicted molar refractivity (Wildman–Crippen MR) is 44.1 cm³/mol. The first-order valence-electron chi connectivity index (χ1n) is 3.41. The maximum atomic E-state index is 12.2. The minimum absolute atomic E-state index is 0.360. The molecule has 0 fully saturated rings. The van der Waals surface area contributed by atoms with Gasteiger partial charge in [-0.05, 0) is 6.07 Å². The minimum Gasteiger partial charge on any atom is -0.423 e. The second-order valence-electron chi connectivity index (χ2n) is 2.48. The molecule has 3 nitrogen and oxygen atoms in total. The smallest absolute Gasteiger partial charge is 0.423 e. The van der Waals surface area contributed by atoms with Crippen LogP contribution in [0.3, 0.4) is 0 Å². The van der Waals surface area contributed by atoms with Gasteiger partial charge in [0, 0.05) is 11.7 Å². The Morgan fingerprint density at radius 1 is 1.36 bits per heavy atom. The number of nitrogens with zero attached hydrogens (tertiary/aromatic N) is 1. The lowest BCUT2D eigenvalue weighted by Crippen LogP contribution is -2.31. The van der Waals surface area contributed by atoms with E-state index in [1.807, 2.05) is 0 Å². The summed E-state index contributed by atoms with van der Waals surface area (Å²) >= 11 is 5.19. The van der Waals surface area contributed by atoms with Crippen molar-refractivity contribution in [3.63, 3.8) is 0 Å². The van der Waals surface area contributed by atoms with E-state index in [9.17, 15) is 13.2 Å². The molecular weight excluding hydrogens is 221 g/mol. The van der Waals surface area contributed by atoms with Crippen LogP contribution in [0.4, 0.5) is 13.2 Å². The maximum absolute atomic E-state index is 12.2. The number of halogens is 4. The van der Waals surface area contributed by atoms with Crippen molar-refractivity contribution in [1.82, 2.24) is 4.98 Å². The molecule has 0 amide bonds. The van der Waals surface area contributed by atoms with E-state index in [2.05, 4.69) is 4.98 Å². The molecule has 76 valence electrons. The van der Waals surface area contributed by atoms with E-state index in [1.165, 1.54) is 0 Å². The lowest BCUT2D eigenvalue weighted by atomic mass is 9.81. The Hall–Kier alpha value is -0.785. The van der Waals surface area contributed by atoms with Gasteiger partial charge < -0.3 is 10.0 Å². The van der Waals surface area contributed by atoms with E-state index in [-0.39, 0.29) is 5.46 Å². The topological polar surface area (TPSA) is 53.4 Å². The average molecular weight is 225 g/mol. The minimum atomic E-state index is -4.66. The summed E-state index contributed by atoms with van der Waals surface area (Å²) in [6.07, 6.45) is -3.79. The molecule has 0 radical (unpaired) electrons. The number of hydrogen-bond acceptors (Lipinski definition) is 3. The Kier molecular flexibility index (Phi) is 3.03. The Morgan fingerprint density at radius 3 is 2.36 bits per heavy atom. The molecule has 0 unspecified atom stereocenters. The van der Waals surface area contributed by atoms with Crippen molar-refractivity contribution < 1.29 is 23.2 Å². The molecule has 0 aliphatic heterocycles. The molecule has 1 rings (SSSR count). The lowest BCUT2D eigenvalue weighted by molar-refractivity contribution is -0.137. The van der Waals surface area contributed by atoms with Gasteiger partial charge >= 0.3 is 13.3 Å². The second-order valence-corrected chi connectivity index (χ2v) is 2.84. The van der Waals surface area contributed by atoms with Gasteiger partial charge in [-0.2, -0.15) is 13.2 Å². The molecule has 1 aromatic rings. The zero-order chi connectivity index (χ0) is 10.9. The van der Waals surface area contributed by atoms with Gasteiger partial charge in [-0.15, -0.1) is 0 Å². The number of pyridine rings is 1. The third kappa shape index (κ3) is 2.37. The molecule has 0 bridgehead atoms. The highest BCUT2D eigenvalue weighted by molar-refractivity contribution is 6.58. The van der Waals surface area contributed by atoms with Crippen molar-refractivity contribution in [3.8, 4) is 0 Å². The number of hydrogen-bond donors (Lipinski definition) is 2. The van der Waals surface area contributed by atoms with Crippen LogP contribution in [0.25, 0.3) is 0 Å². The molecule has 0 aliphatic carbocycles. The van der Waals surface area contributed by atoms with E-state index in [1.54, 1.807) is 0 Å². The van der Waals surface area contributed by atoms with E-state index in [0.29, 0.717) is 6.07 Å². The van der Waals surface area contributed by atoms with Gasteiger partial charge in [-0.1, -0.05) is 11.6 Å². The van der Waals surface area contributed by atoms with Gasteiger partial charge in [-0.25, -0.2) is 4.98 Å². The molecule has 0 spiro atoms. The average Bonchev–Trinajstić information content (AvgIpc) is 2.02. The highest BCUT2D eigenvalue weighted by atomic mass is 35.5. The quantitative estimate of drug-likeness (QED) is 0.538. The Balaban J connectivity index is 3.22. The Bertz CT molecular complexity index is 344. The number of alkyl halides is 3. The maximum Gasteiger partial charge on any atom is 0.490 e. The molecule has 1 aromatic heterocycles. The third-order valence-electron chi connectivity index (χ3n) is 1.46. The molecule has 14 heavy (non-hydrogen) atoms. The third-order valence-corrected chi connectivity index (χ3v) is 1.76. The standard InChI is InChI=1S/C6H4BClF3NO2/c8-5-4(6(9,10)11)1-3(2-12-5)7(13)14/h1-2,13-14H. The van der Waals surface area contributed by atoms with Gasteiger partial charge in [0.1, 0.15) is 5.15 Å². The van der Waals surface area contributed by atoms with Gasteiger partial charge in [0.2, 0.25) is 0 Å². The van der Waals surface area contributed by atoms with Gasteiger partial charge in [0.15, 0.2) is 0 Å². The summed E-state index contributed by atoms with van der Waals surface area (Å²) in [5, 5.41) is 16.5. The molecule has 0 aromatic carbocycles. The molecule has 0 saturated heterocycles. The van der Waals surface area contributed by atoms with Crippen LogP contribution in [0.5, 0.6) is 0 Å². The van der Waals surface area contributed by atoms with Crippen molar-refractivity contribution in [2.24, 2.45) is 0 Å². The first-order valence-corrected chi connectivity index (χ1v) is 3.79. The van der Waals surface area contributed by atoms with E-state index >= 15 is 0 Å². The van der Waals surface area contributed by atoms with Crippen molar-refractivity contribution in [3.05, 3.63) is 23.0 Å². The van der Waals surface area contributed by atoms with Gasteiger partial charge in [0.05, 0.1) is 5.56 Å². The van der Waals surface area contributed by atoms with Crippen LogP contribution in [0.15, 0.2) is 12.3 Å². The number of rotatable bonds is 1. The predicted octanol–water partition coefficient (Wildman–Crippen LogP) is 0.434. The van der Waals surface area contributed by atoms with Crippen molar-refractivity contribution in [1.29, 1.82) is 0 Å². The number of aromatic nitrogens is 1. The van der Waals surface area contributed by atoms with Gasteiger partial charge in [0.25, 0.3) is 0 Å². The summed E-state index contributed by atoms with van der Waals surface area (Å²) in [5.74, 6) is 0. The molecule has 0 atom stereocenters. The highest BCUT2D eigenvalue weighted by Crippen LogP contribution is 2.32. The monoisotopic (exact) mass is 225 g/mol. The van der Waals surface area contributed by atoms with E-state index < -0.39 is 24.0 Å². The van der Waals surface area contributed by atoms with E-state index in [0.717, 1.165) is 6.20 Å². The fourth-order valence-electron chi connectivity index (χ4n) is 0.804. The molecule has 0 saturated carbocycles. The van der Waals surface area contributed by atoms with Crippen LogP contribution >= 0.6 is 11.6 Å². The molecule has 1 heterocycles. The van der Waals surface area contributed by atoms with Crippen molar-refractivity contribution in [2.75, 3.05) is 0 Å². The summed E-state index contributed by atoms with van der Waals surface area (Å²) in [6, 6.07) is 0.542. The van der Waals surface area contributed by atoms with Crippen LogP contribution in [0, 0.1) is 0 Å². The van der Waals surface area contributed by atoms with Gasteiger partial charge in [-0.3, -0.25) is 0 Å². The summed E-state index contributed by atoms with van der Waals surface area (Å²) in [7, 11) is -2.00. The molecule has 0 aliphatic rings. The van der Waals surface area contributed by atoms with Crippen LogP contribution in [-0.2, 0) is 6.18 Å². The van der Waals surface area contributed by atoms with Crippen LogP contribution in [0.2, 0.25) is 5.15 Å². The Morgan fingerprint density at radius 2 is 1.93 bits per heavy atom. The van der Waals surface area contributed by atoms with Crippen LogP contribution < -0.4 is 5.46 Å². The summed E-state index contributed by atoms with van der Waals surface area (Å²) in [6.45, 7) is 0. The fourth-order valence-corrected chi connectivity index (χ4v) is 1.01. The summed E-state index contributed by atoms with van der Waals surface area (Å²) < 4.78 is 36.6. The molecule has 8 heteroatoms.